The van der Waals surface area contributed by atoms with Gasteiger partial charge in [-0.2, -0.15) is 4.39 Å². The minimum atomic E-state index is -0.504. The van der Waals surface area contributed by atoms with Crippen LogP contribution in [0.1, 0.15) is 12.1 Å². The molecule has 25 heavy (non-hydrogen) atoms. The number of rotatable bonds is 3. The SMILES string of the molecule is Cc1cc(=O)n(CC(=O)N2C3CC2CN(c2ccnc(F)c2)C3)cn1. The van der Waals surface area contributed by atoms with Crippen molar-refractivity contribution in [1.29, 1.82) is 0 Å². The number of hydrogen-bond acceptors (Lipinski definition) is 5. The maximum Gasteiger partial charge on any atom is 0.253 e. The Bertz CT molecular complexity index is 871. The molecule has 2 unspecified atom stereocenters. The van der Waals surface area contributed by atoms with Crippen LogP contribution < -0.4 is 10.5 Å². The summed E-state index contributed by atoms with van der Waals surface area (Å²) in [5.74, 6) is -0.578. The number of piperazine rings is 1. The molecule has 0 N–H and O–H groups in total. The zero-order chi connectivity index (χ0) is 17.6. The van der Waals surface area contributed by atoms with Crippen LogP contribution in [0.5, 0.6) is 0 Å². The maximum atomic E-state index is 13.3. The van der Waals surface area contributed by atoms with Gasteiger partial charge in [-0.05, 0) is 19.4 Å². The molecule has 2 aromatic rings. The van der Waals surface area contributed by atoms with E-state index >= 15 is 0 Å². The molecule has 7 nitrogen and oxygen atoms in total. The summed E-state index contributed by atoms with van der Waals surface area (Å²) in [7, 11) is 0. The van der Waals surface area contributed by atoms with Crippen molar-refractivity contribution in [2.45, 2.75) is 32.0 Å². The summed E-state index contributed by atoms with van der Waals surface area (Å²) in [4.78, 5) is 36.1. The van der Waals surface area contributed by atoms with E-state index in [1.807, 2.05) is 4.90 Å². The Hall–Kier alpha value is -2.77. The van der Waals surface area contributed by atoms with Crippen LogP contribution in [-0.2, 0) is 11.3 Å². The van der Waals surface area contributed by atoms with Gasteiger partial charge in [0.25, 0.3) is 5.56 Å². The van der Waals surface area contributed by atoms with E-state index in [1.165, 1.54) is 29.2 Å². The third kappa shape index (κ3) is 2.88. The first kappa shape index (κ1) is 15.7. The first-order valence-corrected chi connectivity index (χ1v) is 8.22. The first-order valence-electron chi connectivity index (χ1n) is 8.22. The quantitative estimate of drug-likeness (QED) is 0.762. The molecule has 0 radical (unpaired) electrons. The summed E-state index contributed by atoms with van der Waals surface area (Å²) < 4.78 is 14.6. The molecule has 5 rings (SSSR count). The largest absolute Gasteiger partial charge is 0.367 e. The zero-order valence-electron chi connectivity index (χ0n) is 13.8. The second kappa shape index (κ2) is 5.94. The molecule has 3 fully saturated rings. The Morgan fingerprint density at radius 1 is 1.28 bits per heavy atom. The van der Waals surface area contributed by atoms with Gasteiger partial charge in [0.1, 0.15) is 6.54 Å². The van der Waals surface area contributed by atoms with Gasteiger partial charge in [0, 0.05) is 42.8 Å². The molecule has 0 saturated carbocycles. The lowest BCUT2D eigenvalue weighted by Crippen LogP contribution is -2.70. The van der Waals surface area contributed by atoms with Gasteiger partial charge in [-0.1, -0.05) is 0 Å². The topological polar surface area (TPSA) is 71.3 Å². The van der Waals surface area contributed by atoms with E-state index in [2.05, 4.69) is 14.9 Å². The molecule has 3 aliphatic rings. The van der Waals surface area contributed by atoms with Gasteiger partial charge in [0.2, 0.25) is 11.9 Å². The number of amides is 1. The number of carbonyl (C=O) groups is 1. The summed E-state index contributed by atoms with van der Waals surface area (Å²) in [6, 6.07) is 4.80. The molecule has 2 atom stereocenters. The number of anilines is 1. The van der Waals surface area contributed by atoms with Crippen LogP contribution in [0, 0.1) is 12.9 Å². The number of nitrogens with zero attached hydrogens (tertiary/aromatic N) is 5. The van der Waals surface area contributed by atoms with Gasteiger partial charge in [-0.3, -0.25) is 14.2 Å². The highest BCUT2D eigenvalue weighted by Gasteiger charge is 2.47. The van der Waals surface area contributed by atoms with Crippen molar-refractivity contribution in [3.63, 3.8) is 0 Å². The van der Waals surface area contributed by atoms with Crippen molar-refractivity contribution in [2.75, 3.05) is 18.0 Å². The predicted molar refractivity (Wildman–Crippen MR) is 88.7 cm³/mol. The Kier molecular flexibility index (Phi) is 3.74. The standard InChI is InChI=1S/C17H18FN5O2/c1-11-4-16(24)22(10-20-11)9-17(25)23-13-5-14(23)8-21(7-13)12-2-3-19-15(18)6-12/h2-4,6,10,13-14H,5,7-9H2,1H3. The van der Waals surface area contributed by atoms with E-state index in [0.717, 1.165) is 12.1 Å². The van der Waals surface area contributed by atoms with Gasteiger partial charge in [0.05, 0.1) is 18.4 Å². The van der Waals surface area contributed by atoms with Gasteiger partial charge in [0.15, 0.2) is 0 Å². The Balaban J connectivity index is 1.44. The van der Waals surface area contributed by atoms with Crippen LogP contribution in [-0.4, -0.2) is 50.5 Å². The molecule has 5 heterocycles. The highest BCUT2D eigenvalue weighted by Crippen LogP contribution is 2.34. The Morgan fingerprint density at radius 2 is 2.04 bits per heavy atom. The van der Waals surface area contributed by atoms with Crippen LogP contribution >= 0.6 is 0 Å². The number of aryl methyl sites for hydroxylation is 1. The minimum absolute atomic E-state index is 0.00297. The van der Waals surface area contributed by atoms with E-state index < -0.39 is 5.95 Å². The fraction of sp³-hybridized carbons (Fsp3) is 0.412. The third-order valence-electron chi connectivity index (χ3n) is 4.88. The molecule has 130 valence electrons. The van der Waals surface area contributed by atoms with Crippen LogP contribution in [0.3, 0.4) is 0 Å². The number of pyridine rings is 1. The van der Waals surface area contributed by atoms with E-state index in [0.29, 0.717) is 18.8 Å². The molecule has 2 aromatic heterocycles. The van der Waals surface area contributed by atoms with Gasteiger partial charge < -0.3 is 9.80 Å². The van der Waals surface area contributed by atoms with Crippen LogP contribution in [0.4, 0.5) is 10.1 Å². The van der Waals surface area contributed by atoms with Gasteiger partial charge in [-0.15, -0.1) is 0 Å². The molecule has 1 amide bonds. The first-order chi connectivity index (χ1) is 12.0. The van der Waals surface area contributed by atoms with Crippen LogP contribution in [0.15, 0.2) is 35.5 Å². The summed E-state index contributed by atoms with van der Waals surface area (Å²) in [6.45, 7) is 3.06. The van der Waals surface area contributed by atoms with Crippen molar-refractivity contribution >= 4 is 11.6 Å². The average molecular weight is 343 g/mol. The smallest absolute Gasteiger partial charge is 0.253 e. The van der Waals surface area contributed by atoms with Crippen molar-refractivity contribution in [3.8, 4) is 0 Å². The molecule has 0 aliphatic carbocycles. The molecular formula is C17H18FN5O2. The molecule has 0 spiro atoms. The van der Waals surface area contributed by atoms with Crippen molar-refractivity contribution in [2.24, 2.45) is 0 Å². The molecule has 3 aliphatic heterocycles. The summed E-state index contributed by atoms with van der Waals surface area (Å²) in [5, 5.41) is 0. The molecule has 2 bridgehead atoms. The third-order valence-corrected chi connectivity index (χ3v) is 4.88. The van der Waals surface area contributed by atoms with E-state index in [4.69, 9.17) is 0 Å². The number of hydrogen-bond donors (Lipinski definition) is 0. The highest BCUT2D eigenvalue weighted by molar-refractivity contribution is 5.78. The fourth-order valence-corrected chi connectivity index (χ4v) is 3.68. The summed E-state index contributed by atoms with van der Waals surface area (Å²) in [5.41, 5.74) is 1.20. The van der Waals surface area contributed by atoms with Crippen LogP contribution in [0.2, 0.25) is 0 Å². The number of aromatic nitrogens is 3. The van der Waals surface area contributed by atoms with Gasteiger partial charge >= 0.3 is 0 Å². The second-order valence-electron chi connectivity index (χ2n) is 6.58. The lowest BCUT2D eigenvalue weighted by atomic mass is 9.87. The Morgan fingerprint density at radius 3 is 2.72 bits per heavy atom. The lowest BCUT2D eigenvalue weighted by Gasteiger charge is -2.56. The average Bonchev–Trinajstić information content (AvgIpc) is 2.57. The maximum absolute atomic E-state index is 13.3. The zero-order valence-corrected chi connectivity index (χ0v) is 13.8. The van der Waals surface area contributed by atoms with Crippen molar-refractivity contribution in [3.05, 3.63) is 52.7 Å². The predicted octanol–water partition coefficient (Wildman–Crippen LogP) is 0.576. The minimum Gasteiger partial charge on any atom is -0.367 e. The number of halogens is 1. The summed E-state index contributed by atoms with van der Waals surface area (Å²) >= 11 is 0. The van der Waals surface area contributed by atoms with Crippen LogP contribution in [0.25, 0.3) is 0 Å². The van der Waals surface area contributed by atoms with E-state index in [9.17, 15) is 14.0 Å². The summed E-state index contributed by atoms with van der Waals surface area (Å²) in [6.07, 6.45) is 3.80. The van der Waals surface area contributed by atoms with E-state index in [-0.39, 0.29) is 30.1 Å². The van der Waals surface area contributed by atoms with E-state index in [1.54, 1.807) is 13.0 Å². The van der Waals surface area contributed by atoms with Crippen molar-refractivity contribution in [1.82, 2.24) is 19.4 Å². The van der Waals surface area contributed by atoms with Gasteiger partial charge in [-0.25, -0.2) is 9.97 Å². The molecular weight excluding hydrogens is 325 g/mol. The van der Waals surface area contributed by atoms with Crippen molar-refractivity contribution < 1.29 is 9.18 Å². The monoisotopic (exact) mass is 343 g/mol. The Labute approximate surface area is 143 Å². The number of fused-ring (bicyclic) bond motifs is 2. The molecule has 0 aromatic carbocycles. The molecule has 8 heteroatoms. The normalized spacial score (nSPS) is 21.8. The molecule has 3 saturated heterocycles. The number of piperidine rings is 1. The fourth-order valence-electron chi connectivity index (χ4n) is 3.68. The number of carbonyl (C=O) groups excluding carboxylic acids is 1. The lowest BCUT2D eigenvalue weighted by molar-refractivity contribution is -0.146. The second-order valence-corrected chi connectivity index (χ2v) is 6.58. The highest BCUT2D eigenvalue weighted by atomic mass is 19.1.